The summed E-state index contributed by atoms with van der Waals surface area (Å²) in [5.41, 5.74) is 0.655. The molecule has 3 rings (SSSR count). The molecule has 5 heteroatoms. The van der Waals surface area contributed by atoms with Crippen LogP contribution in [0.4, 0.5) is 10.5 Å². The molecule has 0 N–H and O–H groups in total. The van der Waals surface area contributed by atoms with Crippen molar-refractivity contribution in [2.24, 2.45) is 0 Å². The number of urea groups is 1. The first-order chi connectivity index (χ1) is 8.52. The van der Waals surface area contributed by atoms with Gasteiger partial charge in [0, 0.05) is 5.75 Å². The van der Waals surface area contributed by atoms with E-state index in [9.17, 15) is 9.59 Å². The van der Waals surface area contributed by atoms with E-state index in [0.717, 1.165) is 0 Å². The number of carbonyl (C=O) groups is 2. The first kappa shape index (κ1) is 11.6. The van der Waals surface area contributed by atoms with Crippen molar-refractivity contribution in [2.45, 2.75) is 24.8 Å². The lowest BCUT2D eigenvalue weighted by atomic mass is 10.2. The Hall–Kier alpha value is -1.49. The summed E-state index contributed by atoms with van der Waals surface area (Å²) in [5.74, 6) is 0.574. The van der Waals surface area contributed by atoms with Gasteiger partial charge in [-0.2, -0.15) is 0 Å². The van der Waals surface area contributed by atoms with Crippen molar-refractivity contribution in [2.75, 3.05) is 10.7 Å². The molecule has 0 spiro atoms. The molecule has 1 aromatic carbocycles. The Balaban J connectivity index is 2.01. The Labute approximate surface area is 110 Å². The van der Waals surface area contributed by atoms with E-state index < -0.39 is 0 Å². The maximum atomic E-state index is 12.4. The maximum absolute atomic E-state index is 12.4. The molecule has 2 aliphatic heterocycles. The second-order valence-electron chi connectivity index (χ2n) is 4.94. The number of fused-ring (bicyclic) bond motifs is 1. The summed E-state index contributed by atoms with van der Waals surface area (Å²) in [5, 5.41) is 0. The summed E-state index contributed by atoms with van der Waals surface area (Å²) in [6.07, 6.45) is 0. The van der Waals surface area contributed by atoms with Gasteiger partial charge in [0.15, 0.2) is 0 Å². The van der Waals surface area contributed by atoms with E-state index in [4.69, 9.17) is 0 Å². The van der Waals surface area contributed by atoms with Crippen molar-refractivity contribution in [1.29, 1.82) is 0 Å². The van der Waals surface area contributed by atoms with Crippen LogP contribution in [0.3, 0.4) is 0 Å². The summed E-state index contributed by atoms with van der Waals surface area (Å²) in [6, 6.07) is 8.60. The molecular weight excluding hydrogens is 248 g/mol. The van der Waals surface area contributed by atoms with Crippen LogP contribution in [-0.2, 0) is 4.79 Å². The van der Waals surface area contributed by atoms with Gasteiger partial charge in [0.25, 0.3) is 5.91 Å². The molecule has 18 heavy (non-hydrogen) atoms. The molecule has 1 atom stereocenters. The highest BCUT2D eigenvalue weighted by Gasteiger charge is 2.55. The smallest absolute Gasteiger partial charge is 0.297 e. The molecule has 0 aliphatic carbocycles. The van der Waals surface area contributed by atoms with Gasteiger partial charge in [0.05, 0.1) is 10.6 Å². The van der Waals surface area contributed by atoms with Crippen LogP contribution in [0.15, 0.2) is 30.3 Å². The maximum Gasteiger partial charge on any atom is 0.333 e. The van der Waals surface area contributed by atoms with Crippen molar-refractivity contribution < 1.29 is 9.59 Å². The molecule has 0 aromatic heterocycles. The number of amides is 3. The minimum Gasteiger partial charge on any atom is -0.297 e. The van der Waals surface area contributed by atoms with Gasteiger partial charge in [0.2, 0.25) is 0 Å². The van der Waals surface area contributed by atoms with Crippen molar-refractivity contribution in [1.82, 2.24) is 4.90 Å². The van der Waals surface area contributed by atoms with E-state index in [1.807, 2.05) is 32.0 Å². The van der Waals surface area contributed by atoms with E-state index in [1.165, 1.54) is 4.90 Å². The van der Waals surface area contributed by atoms with Gasteiger partial charge < -0.3 is 0 Å². The van der Waals surface area contributed by atoms with Crippen molar-refractivity contribution in [3.05, 3.63) is 30.3 Å². The zero-order chi connectivity index (χ0) is 12.9. The van der Waals surface area contributed by atoms with Crippen LogP contribution in [-0.4, -0.2) is 33.5 Å². The van der Waals surface area contributed by atoms with Gasteiger partial charge in [-0.15, -0.1) is 11.8 Å². The number of rotatable bonds is 1. The van der Waals surface area contributed by atoms with Gasteiger partial charge in [-0.3, -0.25) is 9.69 Å². The van der Waals surface area contributed by atoms with Gasteiger partial charge in [0.1, 0.15) is 6.04 Å². The number of nitrogens with zero attached hydrogens (tertiary/aromatic N) is 2. The zero-order valence-corrected chi connectivity index (χ0v) is 11.1. The number of thioether (sulfide) groups is 1. The monoisotopic (exact) mass is 262 g/mol. The number of hydrogen-bond donors (Lipinski definition) is 0. The lowest BCUT2D eigenvalue weighted by Gasteiger charge is -2.29. The number of benzene rings is 1. The molecule has 0 saturated carbocycles. The third-order valence-corrected chi connectivity index (χ3v) is 4.79. The number of carbonyl (C=O) groups excluding carboxylic acids is 2. The Morgan fingerprint density at radius 3 is 2.50 bits per heavy atom. The summed E-state index contributed by atoms with van der Waals surface area (Å²) in [7, 11) is 0. The Morgan fingerprint density at radius 1 is 1.22 bits per heavy atom. The van der Waals surface area contributed by atoms with E-state index in [1.54, 1.807) is 28.8 Å². The van der Waals surface area contributed by atoms with Gasteiger partial charge in [-0.1, -0.05) is 18.2 Å². The van der Waals surface area contributed by atoms with Gasteiger partial charge in [-0.25, -0.2) is 9.69 Å². The third kappa shape index (κ3) is 1.47. The number of hydrogen-bond acceptors (Lipinski definition) is 3. The second kappa shape index (κ2) is 3.75. The Kier molecular flexibility index (Phi) is 2.41. The number of para-hydroxylation sites is 1. The minimum atomic E-state index is -0.308. The number of anilines is 1. The molecule has 4 nitrogen and oxygen atoms in total. The fourth-order valence-corrected chi connectivity index (χ4v) is 3.72. The van der Waals surface area contributed by atoms with Crippen LogP contribution in [0.2, 0.25) is 0 Å². The molecule has 2 saturated heterocycles. The largest absolute Gasteiger partial charge is 0.333 e. The van der Waals surface area contributed by atoms with Crippen LogP contribution in [0.1, 0.15) is 13.8 Å². The van der Waals surface area contributed by atoms with Crippen molar-refractivity contribution in [3.63, 3.8) is 0 Å². The SMILES string of the molecule is CC1(C)SCC2C(=O)N(c3ccccc3)C(=O)N21. The Morgan fingerprint density at radius 2 is 1.89 bits per heavy atom. The average molecular weight is 262 g/mol. The predicted molar refractivity (Wildman–Crippen MR) is 71.5 cm³/mol. The van der Waals surface area contributed by atoms with Crippen LogP contribution in [0, 0.1) is 0 Å². The summed E-state index contributed by atoms with van der Waals surface area (Å²) in [6.45, 7) is 3.97. The molecule has 0 radical (unpaired) electrons. The van der Waals surface area contributed by atoms with Crippen LogP contribution >= 0.6 is 11.8 Å². The molecule has 3 amide bonds. The molecule has 1 unspecified atom stereocenters. The fraction of sp³-hybridized carbons (Fsp3) is 0.385. The highest BCUT2D eigenvalue weighted by atomic mass is 32.2. The van der Waals surface area contributed by atoms with E-state index >= 15 is 0 Å². The second-order valence-corrected chi connectivity index (χ2v) is 6.56. The normalized spacial score (nSPS) is 25.8. The standard InChI is InChI=1S/C13H14N2O2S/c1-13(2)15-10(8-18-13)11(16)14(12(15)17)9-6-4-3-5-7-9/h3-7,10H,8H2,1-2H3. The lowest BCUT2D eigenvalue weighted by Crippen LogP contribution is -2.43. The van der Waals surface area contributed by atoms with Crippen LogP contribution in [0.5, 0.6) is 0 Å². The van der Waals surface area contributed by atoms with Crippen molar-refractivity contribution >= 4 is 29.4 Å². The summed E-state index contributed by atoms with van der Waals surface area (Å²) >= 11 is 1.65. The van der Waals surface area contributed by atoms with E-state index in [2.05, 4.69) is 0 Å². The highest BCUT2D eigenvalue weighted by molar-refractivity contribution is 8.00. The molecule has 2 fully saturated rings. The van der Waals surface area contributed by atoms with E-state index in [-0.39, 0.29) is 22.9 Å². The summed E-state index contributed by atoms with van der Waals surface area (Å²) in [4.78, 5) is 27.5. The van der Waals surface area contributed by atoms with Crippen LogP contribution < -0.4 is 4.90 Å². The molecular formula is C13H14N2O2S. The number of imide groups is 1. The first-order valence-corrected chi connectivity index (χ1v) is 6.87. The lowest BCUT2D eigenvalue weighted by molar-refractivity contribution is -0.119. The summed E-state index contributed by atoms with van der Waals surface area (Å²) < 4.78 is 0. The van der Waals surface area contributed by atoms with Crippen molar-refractivity contribution in [3.8, 4) is 0 Å². The third-order valence-electron chi connectivity index (χ3n) is 3.40. The quantitative estimate of drug-likeness (QED) is 0.729. The predicted octanol–water partition coefficient (Wildman–Crippen LogP) is 2.31. The topological polar surface area (TPSA) is 40.6 Å². The minimum absolute atomic E-state index is 0.107. The molecule has 1 aromatic rings. The molecule has 2 heterocycles. The van der Waals surface area contributed by atoms with Gasteiger partial charge in [-0.05, 0) is 26.0 Å². The highest BCUT2D eigenvalue weighted by Crippen LogP contribution is 2.44. The molecule has 2 aliphatic rings. The molecule has 0 bridgehead atoms. The van der Waals surface area contributed by atoms with E-state index in [0.29, 0.717) is 11.4 Å². The van der Waals surface area contributed by atoms with Crippen LogP contribution in [0.25, 0.3) is 0 Å². The average Bonchev–Trinajstić information content (AvgIpc) is 2.78. The first-order valence-electron chi connectivity index (χ1n) is 5.88. The zero-order valence-electron chi connectivity index (χ0n) is 10.3. The fourth-order valence-electron chi connectivity index (χ4n) is 2.51. The Bertz CT molecular complexity index is 515. The molecule has 94 valence electrons. The van der Waals surface area contributed by atoms with Gasteiger partial charge >= 0.3 is 6.03 Å².